The molecule has 1 aliphatic heterocycles. The molecule has 2 aliphatic rings. The van der Waals surface area contributed by atoms with Crippen LogP contribution in [0.15, 0.2) is 18.2 Å². The Labute approximate surface area is 143 Å². The van der Waals surface area contributed by atoms with E-state index in [0.29, 0.717) is 18.4 Å². The minimum Gasteiger partial charge on any atom is -0.459 e. The molecular formula is C17H17ClFNO4. The Bertz CT molecular complexity index is 669. The van der Waals surface area contributed by atoms with E-state index in [1.807, 2.05) is 0 Å². The van der Waals surface area contributed by atoms with Crippen LogP contribution in [0.5, 0.6) is 0 Å². The molecule has 0 N–H and O–H groups in total. The van der Waals surface area contributed by atoms with E-state index in [-0.39, 0.29) is 41.8 Å². The van der Waals surface area contributed by atoms with Gasteiger partial charge in [-0.15, -0.1) is 0 Å². The quantitative estimate of drug-likeness (QED) is 0.616. The summed E-state index contributed by atoms with van der Waals surface area (Å²) in [5.41, 5.74) is 0.458. The van der Waals surface area contributed by atoms with Gasteiger partial charge in [-0.1, -0.05) is 30.5 Å². The molecule has 5 nitrogen and oxygen atoms in total. The highest BCUT2D eigenvalue weighted by atomic mass is 35.5. The molecule has 0 bridgehead atoms. The van der Waals surface area contributed by atoms with Gasteiger partial charge in [-0.2, -0.15) is 0 Å². The van der Waals surface area contributed by atoms with Crippen molar-refractivity contribution in [3.05, 3.63) is 34.6 Å². The van der Waals surface area contributed by atoms with Crippen molar-refractivity contribution in [1.29, 1.82) is 0 Å². The Hall–Kier alpha value is -1.95. The number of carbonyl (C=O) groups excluding carboxylic acids is 3. The Kier molecular flexibility index (Phi) is 4.85. The molecule has 1 saturated carbocycles. The number of carbonyl (C=O) groups is 3. The molecule has 1 saturated heterocycles. The molecule has 2 fully saturated rings. The highest BCUT2D eigenvalue weighted by molar-refractivity contribution is 6.31. The molecule has 0 radical (unpaired) electrons. The molecule has 7 heteroatoms. The fourth-order valence-corrected chi connectivity index (χ4v) is 3.58. The average molecular weight is 354 g/mol. The number of amides is 2. The third-order valence-electron chi connectivity index (χ3n) is 4.62. The molecule has 0 aromatic heterocycles. The second-order valence-electron chi connectivity index (χ2n) is 6.16. The van der Waals surface area contributed by atoms with Crippen LogP contribution >= 0.6 is 11.6 Å². The van der Waals surface area contributed by atoms with E-state index in [4.69, 9.17) is 16.3 Å². The summed E-state index contributed by atoms with van der Waals surface area (Å²) in [5.74, 6) is -2.29. The number of fused-ring (bicyclic) bond motifs is 1. The maximum Gasteiger partial charge on any atom is 0.326 e. The van der Waals surface area contributed by atoms with Crippen LogP contribution in [0.3, 0.4) is 0 Å². The van der Waals surface area contributed by atoms with Crippen molar-refractivity contribution < 1.29 is 23.5 Å². The number of likely N-dealkylation sites (tertiary alicyclic amines) is 1. The van der Waals surface area contributed by atoms with Crippen molar-refractivity contribution in [2.75, 3.05) is 6.54 Å². The molecule has 1 heterocycles. The first kappa shape index (κ1) is 16.9. The number of benzene rings is 1. The van der Waals surface area contributed by atoms with Crippen LogP contribution < -0.4 is 0 Å². The maximum atomic E-state index is 13.0. The lowest BCUT2D eigenvalue weighted by Crippen LogP contribution is -2.36. The predicted octanol–water partition coefficient (Wildman–Crippen LogP) is 2.70. The lowest BCUT2D eigenvalue weighted by atomic mass is 9.81. The van der Waals surface area contributed by atoms with Crippen LogP contribution in [0.25, 0.3) is 0 Å². The van der Waals surface area contributed by atoms with Crippen molar-refractivity contribution in [3.8, 4) is 0 Å². The summed E-state index contributed by atoms with van der Waals surface area (Å²) in [5, 5.41) is 0.155. The van der Waals surface area contributed by atoms with E-state index in [9.17, 15) is 18.8 Å². The van der Waals surface area contributed by atoms with Crippen LogP contribution in [0.1, 0.15) is 31.2 Å². The molecule has 3 rings (SSSR count). The van der Waals surface area contributed by atoms with Gasteiger partial charge in [0.1, 0.15) is 19.0 Å². The van der Waals surface area contributed by atoms with Crippen molar-refractivity contribution in [1.82, 2.24) is 4.90 Å². The highest BCUT2D eigenvalue weighted by Gasteiger charge is 2.48. The predicted molar refractivity (Wildman–Crippen MR) is 83.4 cm³/mol. The second kappa shape index (κ2) is 6.89. The summed E-state index contributed by atoms with van der Waals surface area (Å²) in [6.45, 7) is -0.523. The number of rotatable bonds is 4. The number of esters is 1. The molecule has 2 amide bonds. The maximum absolute atomic E-state index is 13.0. The van der Waals surface area contributed by atoms with Gasteiger partial charge in [0.25, 0.3) is 0 Å². The summed E-state index contributed by atoms with van der Waals surface area (Å²) in [4.78, 5) is 37.5. The first-order chi connectivity index (χ1) is 11.5. The van der Waals surface area contributed by atoms with Crippen LogP contribution in [0.2, 0.25) is 5.02 Å². The Balaban J connectivity index is 1.58. The zero-order chi connectivity index (χ0) is 17.3. The molecule has 1 aromatic carbocycles. The van der Waals surface area contributed by atoms with Crippen molar-refractivity contribution in [3.63, 3.8) is 0 Å². The van der Waals surface area contributed by atoms with Crippen molar-refractivity contribution >= 4 is 29.4 Å². The molecule has 128 valence electrons. The van der Waals surface area contributed by atoms with Gasteiger partial charge in [0.15, 0.2) is 0 Å². The molecule has 2 unspecified atom stereocenters. The fourth-order valence-electron chi connectivity index (χ4n) is 3.36. The molecule has 24 heavy (non-hydrogen) atoms. The highest BCUT2D eigenvalue weighted by Crippen LogP contribution is 2.37. The monoisotopic (exact) mass is 353 g/mol. The van der Waals surface area contributed by atoms with E-state index >= 15 is 0 Å². The van der Waals surface area contributed by atoms with Crippen LogP contribution in [0, 0.1) is 17.7 Å². The van der Waals surface area contributed by atoms with Gasteiger partial charge in [0.05, 0.1) is 16.9 Å². The number of imide groups is 1. The Morgan fingerprint density at radius 2 is 1.83 bits per heavy atom. The van der Waals surface area contributed by atoms with Gasteiger partial charge >= 0.3 is 5.97 Å². The smallest absolute Gasteiger partial charge is 0.326 e. The molecule has 0 spiro atoms. The number of halogens is 2. The zero-order valence-corrected chi connectivity index (χ0v) is 13.7. The van der Waals surface area contributed by atoms with E-state index in [0.717, 1.165) is 23.8 Å². The minimum absolute atomic E-state index is 0.138. The summed E-state index contributed by atoms with van der Waals surface area (Å²) in [7, 11) is 0. The van der Waals surface area contributed by atoms with Gasteiger partial charge < -0.3 is 4.74 Å². The number of nitrogens with zero attached hydrogens (tertiary/aromatic N) is 1. The summed E-state index contributed by atoms with van der Waals surface area (Å²) >= 11 is 5.86. The normalized spacial score (nSPS) is 23.3. The number of hydrogen-bond acceptors (Lipinski definition) is 4. The third-order valence-corrected chi connectivity index (χ3v) is 4.98. The van der Waals surface area contributed by atoms with E-state index in [1.165, 1.54) is 12.1 Å². The molecule has 1 aromatic rings. The number of ether oxygens (including phenoxy) is 1. The van der Waals surface area contributed by atoms with E-state index < -0.39 is 11.8 Å². The first-order valence-electron chi connectivity index (χ1n) is 7.92. The average Bonchev–Trinajstić information content (AvgIpc) is 2.79. The van der Waals surface area contributed by atoms with Crippen LogP contribution in [0.4, 0.5) is 4.39 Å². The van der Waals surface area contributed by atoms with Crippen LogP contribution in [-0.2, 0) is 25.7 Å². The first-order valence-corrected chi connectivity index (χ1v) is 8.30. The second-order valence-corrected chi connectivity index (χ2v) is 6.56. The third kappa shape index (κ3) is 3.29. The Morgan fingerprint density at radius 1 is 1.21 bits per heavy atom. The topological polar surface area (TPSA) is 63.7 Å². The van der Waals surface area contributed by atoms with Gasteiger partial charge in [-0.05, 0) is 25.0 Å². The van der Waals surface area contributed by atoms with Crippen LogP contribution in [-0.4, -0.2) is 29.2 Å². The molecule has 2 atom stereocenters. The molecule has 1 aliphatic carbocycles. The number of hydrogen-bond donors (Lipinski definition) is 0. The van der Waals surface area contributed by atoms with Gasteiger partial charge in [-0.25, -0.2) is 4.39 Å². The van der Waals surface area contributed by atoms with Gasteiger partial charge in [-0.3, -0.25) is 19.3 Å². The summed E-state index contributed by atoms with van der Waals surface area (Å²) in [6.07, 6.45) is 3.26. The lowest BCUT2D eigenvalue weighted by molar-refractivity contribution is -0.153. The van der Waals surface area contributed by atoms with E-state index in [2.05, 4.69) is 0 Å². The van der Waals surface area contributed by atoms with Gasteiger partial charge in [0.2, 0.25) is 11.8 Å². The fraction of sp³-hybridized carbons (Fsp3) is 0.471. The largest absolute Gasteiger partial charge is 0.459 e. The summed E-state index contributed by atoms with van der Waals surface area (Å²) < 4.78 is 18.0. The minimum atomic E-state index is -0.685. The van der Waals surface area contributed by atoms with Crippen molar-refractivity contribution in [2.24, 2.45) is 11.8 Å². The standard InChI is InChI=1S/C17H17ClFNO4/c18-14-7-11(19)6-5-10(14)9-24-15(21)8-20-16(22)12-3-1-2-4-13(12)17(20)23/h5-7,12-13H,1-4,8-9H2. The Morgan fingerprint density at radius 3 is 2.42 bits per heavy atom. The molecular weight excluding hydrogens is 337 g/mol. The van der Waals surface area contributed by atoms with Gasteiger partial charge in [0, 0.05) is 5.56 Å². The van der Waals surface area contributed by atoms with Crippen molar-refractivity contribution in [2.45, 2.75) is 32.3 Å². The lowest BCUT2D eigenvalue weighted by Gasteiger charge is -2.19. The zero-order valence-electron chi connectivity index (χ0n) is 13.0. The summed E-state index contributed by atoms with van der Waals surface area (Å²) in [6, 6.07) is 3.77. The van der Waals surface area contributed by atoms with E-state index in [1.54, 1.807) is 0 Å². The SMILES string of the molecule is O=C(CN1C(=O)C2CCCCC2C1=O)OCc1ccc(F)cc1Cl.